The molecule has 2 aromatic rings. The smallest absolute Gasteiger partial charge is 0.230 e. The summed E-state index contributed by atoms with van der Waals surface area (Å²) in [6, 6.07) is 2.09. The molecule has 0 spiro atoms. The number of aryl methyl sites for hydroxylation is 1. The quantitative estimate of drug-likeness (QED) is 0.886. The highest BCUT2D eigenvalue weighted by Crippen LogP contribution is 2.27. The second-order valence-corrected chi connectivity index (χ2v) is 5.33. The van der Waals surface area contributed by atoms with E-state index >= 15 is 0 Å². The van der Waals surface area contributed by atoms with Crippen molar-refractivity contribution in [2.75, 3.05) is 29.9 Å². The summed E-state index contributed by atoms with van der Waals surface area (Å²) < 4.78 is 0. The van der Waals surface area contributed by atoms with Gasteiger partial charge in [0.25, 0.3) is 0 Å². The number of nitrogens with one attached hydrogen (secondary N) is 1. The summed E-state index contributed by atoms with van der Waals surface area (Å²) in [5.74, 6) is 2.14. The van der Waals surface area contributed by atoms with Gasteiger partial charge in [0.2, 0.25) is 11.9 Å². The van der Waals surface area contributed by atoms with Crippen molar-refractivity contribution < 1.29 is 0 Å². The monoisotopic (exact) mass is 291 g/mol. The molecule has 0 saturated carbocycles. The molecule has 0 saturated heterocycles. The van der Waals surface area contributed by atoms with E-state index in [4.69, 9.17) is 0 Å². The molecule has 0 amide bonds. The Labute approximate surface area is 124 Å². The van der Waals surface area contributed by atoms with Gasteiger partial charge >= 0.3 is 0 Å². The molecule has 1 N–H and O–H groups in total. The van der Waals surface area contributed by atoms with Crippen molar-refractivity contribution in [1.82, 2.24) is 15.0 Å². The summed E-state index contributed by atoms with van der Waals surface area (Å²) in [6.45, 7) is 10.9. The fourth-order valence-corrected chi connectivity index (χ4v) is 2.81. The maximum absolute atomic E-state index is 4.64. The first-order valence-electron chi connectivity index (χ1n) is 6.98. The lowest BCUT2D eigenvalue weighted by molar-refractivity contribution is 0.814. The van der Waals surface area contributed by atoms with Gasteiger partial charge < -0.3 is 10.2 Å². The molecule has 0 aliphatic heterocycles. The minimum Gasteiger partial charge on any atom is -0.354 e. The lowest BCUT2D eigenvalue weighted by Crippen LogP contribution is -2.25. The Bertz CT molecular complexity index is 562. The molecule has 0 unspecified atom stereocenters. The average Bonchev–Trinajstić information content (AvgIpc) is 2.87. The Hall–Kier alpha value is -1.69. The molecule has 0 aliphatic carbocycles. The summed E-state index contributed by atoms with van der Waals surface area (Å²) in [6.07, 6.45) is 0. The molecule has 2 heterocycles. The van der Waals surface area contributed by atoms with Gasteiger partial charge in [-0.05, 0) is 44.7 Å². The SMILES string of the molecule is CCNc1nc(-c2sccc2C)nc(N(CC)CC)n1. The van der Waals surface area contributed by atoms with Gasteiger partial charge in [0.1, 0.15) is 0 Å². The Morgan fingerprint density at radius 1 is 1.15 bits per heavy atom. The number of anilines is 2. The molecule has 0 atom stereocenters. The Morgan fingerprint density at radius 2 is 1.90 bits per heavy atom. The van der Waals surface area contributed by atoms with Crippen molar-refractivity contribution in [2.45, 2.75) is 27.7 Å². The molecule has 0 bridgehead atoms. The van der Waals surface area contributed by atoms with Gasteiger partial charge in [-0.25, -0.2) is 0 Å². The molecule has 2 rings (SSSR count). The minimum absolute atomic E-state index is 0.646. The van der Waals surface area contributed by atoms with Gasteiger partial charge in [-0.2, -0.15) is 15.0 Å². The van der Waals surface area contributed by atoms with Crippen LogP contribution in [0.1, 0.15) is 26.3 Å². The van der Waals surface area contributed by atoms with Crippen molar-refractivity contribution >= 4 is 23.2 Å². The molecule has 5 nitrogen and oxygen atoms in total. The van der Waals surface area contributed by atoms with E-state index in [2.05, 4.69) is 57.4 Å². The van der Waals surface area contributed by atoms with E-state index in [-0.39, 0.29) is 0 Å². The zero-order chi connectivity index (χ0) is 14.5. The van der Waals surface area contributed by atoms with Crippen LogP contribution in [0.3, 0.4) is 0 Å². The predicted molar refractivity (Wildman–Crippen MR) is 85.6 cm³/mol. The van der Waals surface area contributed by atoms with Gasteiger partial charge in [0, 0.05) is 19.6 Å². The second kappa shape index (κ2) is 6.65. The number of thiophene rings is 1. The summed E-state index contributed by atoms with van der Waals surface area (Å²) in [4.78, 5) is 16.9. The van der Waals surface area contributed by atoms with Gasteiger partial charge in [-0.3, -0.25) is 0 Å². The van der Waals surface area contributed by atoms with E-state index in [0.29, 0.717) is 5.95 Å². The Morgan fingerprint density at radius 3 is 2.45 bits per heavy atom. The molecule has 6 heteroatoms. The molecular weight excluding hydrogens is 270 g/mol. The van der Waals surface area contributed by atoms with Crippen molar-refractivity contribution in [3.63, 3.8) is 0 Å². The zero-order valence-corrected chi connectivity index (χ0v) is 13.3. The summed E-state index contributed by atoms with van der Waals surface area (Å²) >= 11 is 1.67. The molecule has 108 valence electrons. The van der Waals surface area contributed by atoms with E-state index < -0.39 is 0 Å². The van der Waals surface area contributed by atoms with E-state index in [1.54, 1.807) is 11.3 Å². The number of hydrogen-bond acceptors (Lipinski definition) is 6. The van der Waals surface area contributed by atoms with Gasteiger partial charge in [-0.15, -0.1) is 11.3 Å². The maximum Gasteiger partial charge on any atom is 0.230 e. The molecule has 0 fully saturated rings. The Kier molecular flexibility index (Phi) is 4.89. The fourth-order valence-electron chi connectivity index (χ4n) is 1.95. The maximum atomic E-state index is 4.64. The number of rotatable bonds is 6. The highest BCUT2D eigenvalue weighted by Gasteiger charge is 2.14. The third-order valence-electron chi connectivity index (χ3n) is 3.07. The first-order chi connectivity index (χ1) is 9.69. The molecule has 0 radical (unpaired) electrons. The molecule has 0 aliphatic rings. The van der Waals surface area contributed by atoms with Gasteiger partial charge in [0.15, 0.2) is 5.82 Å². The fraction of sp³-hybridized carbons (Fsp3) is 0.500. The van der Waals surface area contributed by atoms with Crippen LogP contribution in [0.4, 0.5) is 11.9 Å². The number of aromatic nitrogens is 3. The first-order valence-corrected chi connectivity index (χ1v) is 7.86. The molecule has 0 aromatic carbocycles. The van der Waals surface area contributed by atoms with Crippen LogP contribution in [-0.2, 0) is 0 Å². The highest BCUT2D eigenvalue weighted by molar-refractivity contribution is 7.13. The lowest BCUT2D eigenvalue weighted by atomic mass is 10.3. The van der Waals surface area contributed by atoms with Crippen LogP contribution in [-0.4, -0.2) is 34.6 Å². The minimum atomic E-state index is 0.646. The topological polar surface area (TPSA) is 53.9 Å². The molecular formula is C14H21N5S. The van der Waals surface area contributed by atoms with Crippen LogP contribution < -0.4 is 10.2 Å². The van der Waals surface area contributed by atoms with Crippen LogP contribution >= 0.6 is 11.3 Å². The number of hydrogen-bond donors (Lipinski definition) is 1. The first kappa shape index (κ1) is 14.7. The largest absolute Gasteiger partial charge is 0.354 e. The van der Waals surface area contributed by atoms with Crippen molar-refractivity contribution in [2.24, 2.45) is 0 Å². The van der Waals surface area contributed by atoms with Crippen molar-refractivity contribution in [3.05, 3.63) is 17.0 Å². The summed E-state index contributed by atoms with van der Waals surface area (Å²) in [5, 5.41) is 5.26. The predicted octanol–water partition coefficient (Wildman–Crippen LogP) is 3.19. The molecule has 2 aromatic heterocycles. The van der Waals surface area contributed by atoms with Crippen molar-refractivity contribution in [3.8, 4) is 10.7 Å². The summed E-state index contributed by atoms with van der Waals surface area (Å²) in [5.41, 5.74) is 1.20. The summed E-state index contributed by atoms with van der Waals surface area (Å²) in [7, 11) is 0. The van der Waals surface area contributed by atoms with E-state index in [0.717, 1.165) is 36.3 Å². The highest BCUT2D eigenvalue weighted by atomic mass is 32.1. The third-order valence-corrected chi connectivity index (χ3v) is 4.08. The third kappa shape index (κ3) is 3.07. The average molecular weight is 291 g/mol. The van der Waals surface area contributed by atoms with Gasteiger partial charge in [0.05, 0.1) is 4.88 Å². The van der Waals surface area contributed by atoms with Crippen LogP contribution in [0.15, 0.2) is 11.4 Å². The standard InChI is InChI=1S/C14H21N5S/c1-5-15-13-16-12(11-10(4)8-9-20-11)17-14(18-13)19(6-2)7-3/h8-9H,5-7H2,1-4H3,(H,15,16,17,18). The van der Waals surface area contributed by atoms with Crippen LogP contribution in [0, 0.1) is 6.92 Å². The Balaban J connectivity index is 2.48. The second-order valence-electron chi connectivity index (χ2n) is 4.42. The van der Waals surface area contributed by atoms with E-state index in [9.17, 15) is 0 Å². The van der Waals surface area contributed by atoms with E-state index in [1.165, 1.54) is 5.56 Å². The van der Waals surface area contributed by atoms with Crippen LogP contribution in [0.2, 0.25) is 0 Å². The van der Waals surface area contributed by atoms with Crippen LogP contribution in [0.5, 0.6) is 0 Å². The number of nitrogens with zero attached hydrogens (tertiary/aromatic N) is 4. The van der Waals surface area contributed by atoms with E-state index in [1.807, 2.05) is 6.92 Å². The van der Waals surface area contributed by atoms with Crippen molar-refractivity contribution in [1.29, 1.82) is 0 Å². The lowest BCUT2D eigenvalue weighted by Gasteiger charge is -2.19. The normalized spacial score (nSPS) is 10.6. The van der Waals surface area contributed by atoms with Gasteiger partial charge in [-0.1, -0.05) is 0 Å². The van der Waals surface area contributed by atoms with Crippen LogP contribution in [0.25, 0.3) is 10.7 Å². The zero-order valence-electron chi connectivity index (χ0n) is 12.5. The molecule has 20 heavy (non-hydrogen) atoms.